The largest absolute Gasteiger partial charge is 0.348 e. The van der Waals surface area contributed by atoms with E-state index in [1.807, 2.05) is 0 Å². The molecule has 0 unspecified atom stereocenters. The highest BCUT2D eigenvalue weighted by atomic mass is 35.5. The van der Waals surface area contributed by atoms with E-state index in [4.69, 9.17) is 0 Å². The molecule has 1 aliphatic heterocycles. The Balaban J connectivity index is 0.00000147. The summed E-state index contributed by atoms with van der Waals surface area (Å²) in [6.07, 6.45) is 8.07. The van der Waals surface area contributed by atoms with Gasteiger partial charge in [-0.25, -0.2) is 0 Å². The molecule has 0 aromatic carbocycles. The lowest BCUT2D eigenvalue weighted by atomic mass is 9.99. The van der Waals surface area contributed by atoms with Crippen LogP contribution in [0, 0.1) is 0 Å². The number of hydrogen-bond acceptors (Lipinski definition) is 3. The number of rotatable bonds is 3. The highest BCUT2D eigenvalue weighted by Gasteiger charge is 2.17. The van der Waals surface area contributed by atoms with Crippen LogP contribution in [0.4, 0.5) is 0 Å². The van der Waals surface area contributed by atoms with E-state index in [-0.39, 0.29) is 18.3 Å². The van der Waals surface area contributed by atoms with Crippen LogP contribution in [-0.2, 0) is 12.8 Å². The predicted octanol–water partition coefficient (Wildman–Crippen LogP) is 2.70. The summed E-state index contributed by atoms with van der Waals surface area (Å²) in [6, 6.07) is 2.10. The van der Waals surface area contributed by atoms with Crippen LogP contribution in [0.2, 0.25) is 0 Å². The lowest BCUT2D eigenvalue weighted by Gasteiger charge is -2.14. The number of amides is 1. The molecule has 0 saturated carbocycles. The van der Waals surface area contributed by atoms with E-state index in [9.17, 15) is 4.79 Å². The van der Waals surface area contributed by atoms with E-state index in [0.717, 1.165) is 37.2 Å². The number of nitrogens with one attached hydrogen (secondary N) is 2. The fourth-order valence-electron chi connectivity index (χ4n) is 2.71. The van der Waals surface area contributed by atoms with Crippen molar-refractivity contribution < 1.29 is 4.79 Å². The SMILES string of the molecule is Cl.O=C(NCC1=CCNCC1)c1cc2c(s1)CCCC2. The second-order valence-corrected chi connectivity index (χ2v) is 6.40. The molecule has 1 aromatic heterocycles. The molecule has 1 aliphatic carbocycles. The molecular weight excluding hydrogens is 292 g/mol. The number of aryl methyl sites for hydroxylation is 2. The van der Waals surface area contributed by atoms with Gasteiger partial charge in [0.2, 0.25) is 0 Å². The Labute approximate surface area is 130 Å². The Kier molecular flexibility index (Phi) is 5.64. The number of carbonyl (C=O) groups excluding carboxylic acids is 1. The van der Waals surface area contributed by atoms with Crippen molar-refractivity contribution in [2.75, 3.05) is 19.6 Å². The number of carbonyl (C=O) groups is 1. The summed E-state index contributed by atoms with van der Waals surface area (Å²) in [7, 11) is 0. The van der Waals surface area contributed by atoms with Crippen molar-refractivity contribution in [1.82, 2.24) is 10.6 Å². The van der Waals surface area contributed by atoms with Crippen molar-refractivity contribution in [3.05, 3.63) is 33.0 Å². The van der Waals surface area contributed by atoms with Crippen molar-refractivity contribution in [2.45, 2.75) is 32.1 Å². The van der Waals surface area contributed by atoms with Gasteiger partial charge in [0, 0.05) is 18.0 Å². The summed E-state index contributed by atoms with van der Waals surface area (Å²) in [5.74, 6) is 0.0961. The standard InChI is InChI=1S/C15H20N2OS.ClH/c18-15(17-10-11-5-7-16-8-6-11)14-9-12-3-1-2-4-13(12)19-14;/h5,9,16H,1-4,6-8,10H2,(H,17,18);1H. The van der Waals surface area contributed by atoms with Gasteiger partial charge in [-0.3, -0.25) is 4.79 Å². The third-order valence-electron chi connectivity index (χ3n) is 3.85. The minimum absolute atomic E-state index is 0. The molecule has 0 fully saturated rings. The number of hydrogen-bond donors (Lipinski definition) is 2. The summed E-state index contributed by atoms with van der Waals surface area (Å²) in [5, 5.41) is 6.33. The topological polar surface area (TPSA) is 41.1 Å². The normalized spacial score (nSPS) is 17.7. The lowest BCUT2D eigenvalue weighted by Crippen LogP contribution is -2.29. The van der Waals surface area contributed by atoms with Crippen LogP contribution in [-0.4, -0.2) is 25.5 Å². The van der Waals surface area contributed by atoms with Crippen molar-refractivity contribution in [3.8, 4) is 0 Å². The zero-order valence-corrected chi connectivity index (χ0v) is 13.2. The molecule has 1 amide bonds. The summed E-state index contributed by atoms with van der Waals surface area (Å²) in [6.45, 7) is 2.65. The van der Waals surface area contributed by atoms with Gasteiger partial charge in [0.25, 0.3) is 5.91 Å². The maximum atomic E-state index is 12.2. The maximum Gasteiger partial charge on any atom is 0.261 e. The molecule has 0 radical (unpaired) electrons. The van der Waals surface area contributed by atoms with Crippen molar-refractivity contribution >= 4 is 29.7 Å². The third-order valence-corrected chi connectivity index (χ3v) is 5.09. The van der Waals surface area contributed by atoms with Crippen LogP contribution in [0.1, 0.15) is 39.4 Å². The molecule has 1 aromatic rings. The van der Waals surface area contributed by atoms with Gasteiger partial charge in [-0.15, -0.1) is 23.7 Å². The molecule has 2 aliphatic rings. The highest BCUT2D eigenvalue weighted by Crippen LogP contribution is 2.29. The van der Waals surface area contributed by atoms with Crippen molar-refractivity contribution in [3.63, 3.8) is 0 Å². The first kappa shape index (κ1) is 15.5. The van der Waals surface area contributed by atoms with Crippen molar-refractivity contribution in [1.29, 1.82) is 0 Å². The van der Waals surface area contributed by atoms with Crippen LogP contribution < -0.4 is 10.6 Å². The summed E-state index contributed by atoms with van der Waals surface area (Å²) in [4.78, 5) is 14.5. The number of fused-ring (bicyclic) bond motifs is 1. The average molecular weight is 313 g/mol. The Morgan fingerprint density at radius 1 is 1.30 bits per heavy atom. The molecule has 0 spiro atoms. The van der Waals surface area contributed by atoms with Crippen LogP contribution in [0.15, 0.2) is 17.7 Å². The molecule has 5 heteroatoms. The molecule has 20 heavy (non-hydrogen) atoms. The van der Waals surface area contributed by atoms with Gasteiger partial charge >= 0.3 is 0 Å². The summed E-state index contributed by atoms with van der Waals surface area (Å²) < 4.78 is 0. The molecule has 3 nitrogen and oxygen atoms in total. The summed E-state index contributed by atoms with van der Waals surface area (Å²) in [5.41, 5.74) is 2.75. The van der Waals surface area contributed by atoms with E-state index in [1.165, 1.54) is 28.9 Å². The smallest absolute Gasteiger partial charge is 0.261 e. The first-order valence-electron chi connectivity index (χ1n) is 7.11. The number of thiophene rings is 1. The maximum absolute atomic E-state index is 12.2. The average Bonchev–Trinajstić information content (AvgIpc) is 2.90. The molecule has 0 bridgehead atoms. The molecule has 2 heterocycles. The Morgan fingerprint density at radius 2 is 2.15 bits per heavy atom. The van der Waals surface area contributed by atoms with Gasteiger partial charge in [-0.1, -0.05) is 11.6 Å². The Hall–Kier alpha value is -0.840. The van der Waals surface area contributed by atoms with E-state index in [1.54, 1.807) is 11.3 Å². The molecule has 0 atom stereocenters. The van der Waals surface area contributed by atoms with Gasteiger partial charge in [0.1, 0.15) is 0 Å². The van der Waals surface area contributed by atoms with Gasteiger partial charge in [0.05, 0.1) is 4.88 Å². The summed E-state index contributed by atoms with van der Waals surface area (Å²) >= 11 is 1.69. The molecule has 3 rings (SSSR count). The zero-order chi connectivity index (χ0) is 13.1. The Bertz CT molecular complexity index is 486. The first-order valence-corrected chi connectivity index (χ1v) is 7.93. The molecular formula is C15H21ClN2OS. The van der Waals surface area contributed by atoms with Crippen LogP contribution in [0.25, 0.3) is 0 Å². The Morgan fingerprint density at radius 3 is 2.90 bits per heavy atom. The minimum Gasteiger partial charge on any atom is -0.348 e. The molecule has 0 saturated heterocycles. The highest BCUT2D eigenvalue weighted by molar-refractivity contribution is 7.14. The van der Waals surface area contributed by atoms with Gasteiger partial charge in [-0.2, -0.15) is 0 Å². The van der Waals surface area contributed by atoms with E-state index >= 15 is 0 Å². The minimum atomic E-state index is 0. The second-order valence-electron chi connectivity index (χ2n) is 5.27. The molecule has 2 N–H and O–H groups in total. The molecule has 110 valence electrons. The fourth-order valence-corrected chi connectivity index (χ4v) is 3.88. The van der Waals surface area contributed by atoms with Gasteiger partial charge < -0.3 is 10.6 Å². The second kappa shape index (κ2) is 7.25. The quantitative estimate of drug-likeness (QED) is 0.843. The van der Waals surface area contributed by atoms with E-state index in [0.29, 0.717) is 6.54 Å². The zero-order valence-electron chi connectivity index (χ0n) is 11.5. The van der Waals surface area contributed by atoms with Crippen LogP contribution >= 0.6 is 23.7 Å². The third kappa shape index (κ3) is 3.62. The van der Waals surface area contributed by atoms with E-state index < -0.39 is 0 Å². The van der Waals surface area contributed by atoms with Gasteiger partial charge in [-0.05, 0) is 50.3 Å². The predicted molar refractivity (Wildman–Crippen MR) is 86.1 cm³/mol. The van der Waals surface area contributed by atoms with Crippen LogP contribution in [0.5, 0.6) is 0 Å². The van der Waals surface area contributed by atoms with Crippen molar-refractivity contribution in [2.24, 2.45) is 0 Å². The number of halogens is 1. The van der Waals surface area contributed by atoms with E-state index in [2.05, 4.69) is 22.8 Å². The first-order chi connectivity index (χ1) is 9.33. The van der Waals surface area contributed by atoms with Gasteiger partial charge in [0.15, 0.2) is 0 Å². The van der Waals surface area contributed by atoms with Crippen LogP contribution in [0.3, 0.4) is 0 Å². The monoisotopic (exact) mass is 312 g/mol. The lowest BCUT2D eigenvalue weighted by molar-refractivity contribution is 0.0960. The fraction of sp³-hybridized carbons (Fsp3) is 0.533.